The first kappa shape index (κ1) is 17.0. The fraction of sp³-hybridized carbons (Fsp3) is 0.300. The summed E-state index contributed by atoms with van der Waals surface area (Å²) in [6, 6.07) is 12.7. The molecule has 0 aromatic heterocycles. The fourth-order valence-electron chi connectivity index (χ4n) is 2.86. The second-order valence-corrected chi connectivity index (χ2v) is 7.04. The van der Waals surface area contributed by atoms with Crippen molar-refractivity contribution >= 4 is 23.2 Å². The summed E-state index contributed by atoms with van der Waals surface area (Å²) >= 11 is 0. The van der Waals surface area contributed by atoms with Gasteiger partial charge in [0.15, 0.2) is 0 Å². The second kappa shape index (κ2) is 6.24. The predicted molar refractivity (Wildman–Crippen MR) is 98.3 cm³/mol. The number of aryl methyl sites for hydroxylation is 1. The predicted octanol–water partition coefficient (Wildman–Crippen LogP) is 3.63. The minimum atomic E-state index is -0.598. The molecule has 3 rings (SSSR count). The van der Waals surface area contributed by atoms with Gasteiger partial charge in [-0.05, 0) is 45.0 Å². The van der Waals surface area contributed by atoms with E-state index in [-0.39, 0.29) is 11.8 Å². The van der Waals surface area contributed by atoms with Crippen LogP contribution in [0.15, 0.2) is 42.5 Å². The van der Waals surface area contributed by atoms with Crippen molar-refractivity contribution in [3.63, 3.8) is 0 Å². The molecule has 0 fully saturated rings. The van der Waals surface area contributed by atoms with Crippen molar-refractivity contribution in [3.8, 4) is 5.75 Å². The van der Waals surface area contributed by atoms with Crippen LogP contribution in [-0.4, -0.2) is 25.5 Å². The van der Waals surface area contributed by atoms with E-state index in [4.69, 9.17) is 4.74 Å². The Labute approximate surface area is 147 Å². The molecule has 0 atom stereocenters. The van der Waals surface area contributed by atoms with Crippen LogP contribution < -0.4 is 15.0 Å². The number of fused-ring (bicyclic) bond motifs is 1. The van der Waals surface area contributed by atoms with Crippen LogP contribution in [0.2, 0.25) is 0 Å². The molecule has 5 nitrogen and oxygen atoms in total. The van der Waals surface area contributed by atoms with Gasteiger partial charge in [-0.2, -0.15) is 0 Å². The summed E-state index contributed by atoms with van der Waals surface area (Å²) < 4.78 is 5.84. The molecule has 2 aromatic rings. The van der Waals surface area contributed by atoms with Crippen LogP contribution in [0.4, 0.5) is 11.4 Å². The molecule has 1 aliphatic heterocycles. The van der Waals surface area contributed by atoms with Gasteiger partial charge in [0.25, 0.3) is 5.91 Å². The Morgan fingerprint density at radius 3 is 2.68 bits per heavy atom. The number of nitrogens with one attached hydrogen (secondary N) is 1. The first-order valence-electron chi connectivity index (χ1n) is 8.21. The summed E-state index contributed by atoms with van der Waals surface area (Å²) in [6.45, 7) is 5.95. The Bertz CT molecular complexity index is 843. The first-order chi connectivity index (χ1) is 11.8. The Hall–Kier alpha value is -2.82. The number of amides is 2. The van der Waals surface area contributed by atoms with Crippen molar-refractivity contribution < 1.29 is 14.3 Å². The van der Waals surface area contributed by atoms with Crippen LogP contribution in [0.1, 0.15) is 29.8 Å². The van der Waals surface area contributed by atoms with Crippen LogP contribution in [0.3, 0.4) is 0 Å². The Balaban J connectivity index is 1.86. The third-order valence-electron chi connectivity index (χ3n) is 4.33. The van der Waals surface area contributed by atoms with Gasteiger partial charge in [0.2, 0.25) is 5.91 Å². The van der Waals surface area contributed by atoms with Gasteiger partial charge in [0.1, 0.15) is 12.4 Å². The van der Waals surface area contributed by atoms with Gasteiger partial charge < -0.3 is 15.0 Å². The molecule has 0 bridgehead atoms. The quantitative estimate of drug-likeness (QED) is 0.910. The van der Waals surface area contributed by atoms with E-state index in [1.807, 2.05) is 39.0 Å². The molecule has 2 aromatic carbocycles. The van der Waals surface area contributed by atoms with Gasteiger partial charge in [-0.3, -0.25) is 9.59 Å². The molecule has 0 radical (unpaired) electrons. The lowest BCUT2D eigenvalue weighted by Crippen LogP contribution is -2.39. The SMILES string of the molecule is Cc1cccc(C(=O)Nc2ccc3c(c2)OCC(C)(C)C(=O)N3C)c1. The Kier molecular flexibility index (Phi) is 4.25. The lowest BCUT2D eigenvalue weighted by Gasteiger charge is -2.24. The summed E-state index contributed by atoms with van der Waals surface area (Å²) in [5.41, 5.74) is 2.36. The van der Waals surface area contributed by atoms with Crippen LogP contribution >= 0.6 is 0 Å². The van der Waals surface area contributed by atoms with Gasteiger partial charge in [0.05, 0.1) is 11.1 Å². The van der Waals surface area contributed by atoms with E-state index in [0.29, 0.717) is 29.3 Å². The minimum absolute atomic E-state index is 0.00259. The monoisotopic (exact) mass is 338 g/mol. The highest BCUT2D eigenvalue weighted by atomic mass is 16.5. The van der Waals surface area contributed by atoms with Crippen molar-refractivity contribution in [2.75, 3.05) is 23.9 Å². The summed E-state index contributed by atoms with van der Waals surface area (Å²) in [4.78, 5) is 26.5. The molecule has 0 saturated heterocycles. The van der Waals surface area contributed by atoms with Gasteiger partial charge in [0, 0.05) is 24.4 Å². The van der Waals surface area contributed by atoms with Crippen molar-refractivity contribution in [1.29, 1.82) is 0 Å². The molecule has 0 spiro atoms. The summed E-state index contributed by atoms with van der Waals surface area (Å²) in [7, 11) is 1.74. The van der Waals surface area contributed by atoms with Crippen molar-refractivity contribution in [2.45, 2.75) is 20.8 Å². The third kappa shape index (κ3) is 3.36. The van der Waals surface area contributed by atoms with Crippen LogP contribution in [0.5, 0.6) is 5.75 Å². The zero-order valence-electron chi connectivity index (χ0n) is 14.9. The van der Waals surface area contributed by atoms with Crippen LogP contribution in [0, 0.1) is 12.3 Å². The van der Waals surface area contributed by atoms with E-state index in [1.165, 1.54) is 0 Å². The molecule has 1 heterocycles. The molecule has 5 heteroatoms. The van der Waals surface area contributed by atoms with Gasteiger partial charge in [-0.25, -0.2) is 0 Å². The molecule has 25 heavy (non-hydrogen) atoms. The van der Waals surface area contributed by atoms with Crippen molar-refractivity contribution in [3.05, 3.63) is 53.6 Å². The largest absolute Gasteiger partial charge is 0.490 e. The van der Waals surface area contributed by atoms with E-state index < -0.39 is 5.41 Å². The molecule has 1 N–H and O–H groups in total. The number of ether oxygens (including phenoxy) is 1. The third-order valence-corrected chi connectivity index (χ3v) is 4.33. The minimum Gasteiger partial charge on any atom is -0.490 e. The lowest BCUT2D eigenvalue weighted by atomic mass is 9.93. The topological polar surface area (TPSA) is 58.6 Å². The number of carbonyl (C=O) groups is 2. The zero-order chi connectivity index (χ0) is 18.2. The first-order valence-corrected chi connectivity index (χ1v) is 8.21. The number of anilines is 2. The van der Waals surface area contributed by atoms with Crippen molar-refractivity contribution in [2.24, 2.45) is 5.41 Å². The standard InChI is InChI=1S/C20H22N2O3/c1-13-6-5-7-14(10-13)18(23)21-15-8-9-16-17(11-15)25-12-20(2,3)19(24)22(16)4/h5-11H,12H2,1-4H3,(H,21,23). The highest BCUT2D eigenvalue weighted by Gasteiger charge is 2.36. The molecular formula is C20H22N2O3. The molecule has 1 aliphatic rings. The normalized spacial score (nSPS) is 15.8. The highest BCUT2D eigenvalue weighted by Crippen LogP contribution is 2.37. The van der Waals surface area contributed by atoms with Gasteiger partial charge in [-0.1, -0.05) is 17.7 Å². The molecule has 0 unspecified atom stereocenters. The number of hydrogen-bond acceptors (Lipinski definition) is 3. The van der Waals surface area contributed by atoms with Gasteiger partial charge in [-0.15, -0.1) is 0 Å². The van der Waals surface area contributed by atoms with E-state index in [2.05, 4.69) is 5.32 Å². The van der Waals surface area contributed by atoms with Crippen LogP contribution in [-0.2, 0) is 4.79 Å². The summed E-state index contributed by atoms with van der Waals surface area (Å²) in [5.74, 6) is 0.410. The fourth-order valence-corrected chi connectivity index (χ4v) is 2.86. The Morgan fingerprint density at radius 1 is 1.20 bits per heavy atom. The highest BCUT2D eigenvalue weighted by molar-refractivity contribution is 6.05. The van der Waals surface area contributed by atoms with E-state index >= 15 is 0 Å². The number of nitrogens with zero attached hydrogens (tertiary/aromatic N) is 1. The average molecular weight is 338 g/mol. The van der Waals surface area contributed by atoms with E-state index in [1.54, 1.807) is 36.2 Å². The molecule has 0 saturated carbocycles. The lowest BCUT2D eigenvalue weighted by molar-refractivity contribution is -0.127. The Morgan fingerprint density at radius 2 is 1.96 bits per heavy atom. The summed E-state index contributed by atoms with van der Waals surface area (Å²) in [5, 5.41) is 2.88. The smallest absolute Gasteiger partial charge is 0.255 e. The number of benzene rings is 2. The molecular weight excluding hydrogens is 316 g/mol. The maximum absolute atomic E-state index is 12.5. The van der Waals surface area contributed by atoms with Crippen LogP contribution in [0.25, 0.3) is 0 Å². The molecule has 2 amide bonds. The zero-order valence-corrected chi connectivity index (χ0v) is 14.9. The second-order valence-electron chi connectivity index (χ2n) is 7.04. The molecule has 0 aliphatic carbocycles. The number of hydrogen-bond donors (Lipinski definition) is 1. The maximum atomic E-state index is 12.5. The molecule has 130 valence electrons. The van der Waals surface area contributed by atoms with E-state index in [0.717, 1.165) is 5.56 Å². The maximum Gasteiger partial charge on any atom is 0.255 e. The van der Waals surface area contributed by atoms with Gasteiger partial charge >= 0.3 is 0 Å². The van der Waals surface area contributed by atoms with Crippen molar-refractivity contribution in [1.82, 2.24) is 0 Å². The average Bonchev–Trinajstić information content (AvgIpc) is 2.66. The summed E-state index contributed by atoms with van der Waals surface area (Å²) in [6.07, 6.45) is 0. The van der Waals surface area contributed by atoms with E-state index in [9.17, 15) is 9.59 Å². The number of rotatable bonds is 2. The number of carbonyl (C=O) groups excluding carboxylic acids is 2.